The lowest BCUT2D eigenvalue weighted by molar-refractivity contribution is 0.135. The highest BCUT2D eigenvalue weighted by Gasteiger charge is 2.32. The van der Waals surface area contributed by atoms with E-state index in [1.165, 1.54) is 24.9 Å². The number of pyridine rings is 2. The van der Waals surface area contributed by atoms with Crippen LogP contribution in [0.3, 0.4) is 0 Å². The van der Waals surface area contributed by atoms with Crippen molar-refractivity contribution in [3.05, 3.63) is 70.1 Å². The third kappa shape index (κ3) is 4.71. The van der Waals surface area contributed by atoms with Crippen molar-refractivity contribution in [2.75, 3.05) is 18.5 Å². The van der Waals surface area contributed by atoms with Gasteiger partial charge in [0.1, 0.15) is 17.3 Å². The summed E-state index contributed by atoms with van der Waals surface area (Å²) in [6.45, 7) is 2.24. The van der Waals surface area contributed by atoms with Crippen molar-refractivity contribution in [3.63, 3.8) is 0 Å². The second-order valence-corrected chi connectivity index (χ2v) is 10.0. The van der Waals surface area contributed by atoms with Gasteiger partial charge in [0.25, 0.3) is 5.56 Å². The van der Waals surface area contributed by atoms with E-state index in [1.807, 2.05) is 6.07 Å². The fourth-order valence-electron chi connectivity index (χ4n) is 5.44. The van der Waals surface area contributed by atoms with Crippen molar-refractivity contribution in [2.45, 2.75) is 57.2 Å². The van der Waals surface area contributed by atoms with Gasteiger partial charge in [-0.15, -0.1) is 0 Å². The Hall–Kier alpha value is -3.17. The Morgan fingerprint density at radius 3 is 2.41 bits per heavy atom. The van der Waals surface area contributed by atoms with Gasteiger partial charge < -0.3 is 9.47 Å². The molecule has 0 amide bonds. The van der Waals surface area contributed by atoms with Crippen molar-refractivity contribution in [3.8, 4) is 6.07 Å². The summed E-state index contributed by atoms with van der Waals surface area (Å²) >= 11 is 0. The number of aromatic nitrogens is 2. The molecule has 0 radical (unpaired) electrons. The number of hydrogen-bond acceptors (Lipinski definition) is 5. The van der Waals surface area contributed by atoms with Crippen molar-refractivity contribution >= 4 is 16.7 Å². The molecule has 5 rings (SSSR count). The lowest BCUT2D eigenvalue weighted by atomic mass is 9.88. The summed E-state index contributed by atoms with van der Waals surface area (Å²) in [6, 6.07) is 19.1. The molecule has 0 spiro atoms. The Morgan fingerprint density at radius 2 is 1.74 bits per heavy atom. The van der Waals surface area contributed by atoms with Gasteiger partial charge in [0.2, 0.25) is 0 Å². The molecule has 0 atom stereocenters. The summed E-state index contributed by atoms with van der Waals surface area (Å²) in [5.74, 6) is 0.872. The van der Waals surface area contributed by atoms with E-state index >= 15 is 0 Å². The fraction of sp³-hybridized carbons (Fsp3) is 0.464. The maximum absolute atomic E-state index is 12.7. The van der Waals surface area contributed by atoms with Gasteiger partial charge in [-0.2, -0.15) is 5.26 Å². The van der Waals surface area contributed by atoms with E-state index in [2.05, 4.69) is 58.2 Å². The van der Waals surface area contributed by atoms with Gasteiger partial charge in [-0.1, -0.05) is 30.3 Å². The second kappa shape index (κ2) is 9.60. The van der Waals surface area contributed by atoms with Crippen LogP contribution in [0.1, 0.15) is 49.8 Å². The zero-order valence-electron chi connectivity index (χ0n) is 20.2. The fourth-order valence-corrected chi connectivity index (χ4v) is 5.44. The Bertz CT molecular complexity index is 1250. The first-order valence-corrected chi connectivity index (χ1v) is 12.4. The molecule has 2 fully saturated rings. The summed E-state index contributed by atoms with van der Waals surface area (Å²) in [5.41, 5.74) is 4.05. The van der Waals surface area contributed by atoms with Crippen LogP contribution >= 0.6 is 0 Å². The highest BCUT2D eigenvalue weighted by molar-refractivity contribution is 5.88. The van der Waals surface area contributed by atoms with Crippen molar-refractivity contribution in [1.29, 1.82) is 5.26 Å². The van der Waals surface area contributed by atoms with E-state index in [4.69, 9.17) is 0 Å². The van der Waals surface area contributed by atoms with E-state index in [0.717, 1.165) is 54.9 Å². The van der Waals surface area contributed by atoms with E-state index < -0.39 is 0 Å². The molecule has 3 aromatic rings. The summed E-state index contributed by atoms with van der Waals surface area (Å²) in [4.78, 5) is 22.2. The van der Waals surface area contributed by atoms with Crippen LogP contribution in [0.4, 0.5) is 5.69 Å². The SMILES string of the molecule is CN(c1cc(=O)n(C)c2ccc(C#N)nc12)C1CCC(N(Cc2ccccc2)CC2CC2)CC1. The first-order valence-electron chi connectivity index (χ1n) is 12.4. The largest absolute Gasteiger partial charge is 0.370 e. The van der Waals surface area contributed by atoms with Crippen LogP contribution in [0.2, 0.25) is 0 Å². The quantitative estimate of drug-likeness (QED) is 0.526. The lowest BCUT2D eigenvalue weighted by Gasteiger charge is -2.40. The topological polar surface area (TPSA) is 65.2 Å². The van der Waals surface area contributed by atoms with Crippen LogP contribution in [0.15, 0.2) is 53.3 Å². The molecular formula is C28H33N5O. The molecule has 0 unspecified atom stereocenters. The Balaban J connectivity index is 1.33. The number of anilines is 1. The maximum Gasteiger partial charge on any atom is 0.252 e. The summed E-state index contributed by atoms with van der Waals surface area (Å²) in [5, 5.41) is 9.35. The molecule has 6 nitrogen and oxygen atoms in total. The first kappa shape index (κ1) is 22.6. The molecular weight excluding hydrogens is 422 g/mol. The van der Waals surface area contributed by atoms with Gasteiger partial charge in [0.15, 0.2) is 0 Å². The number of aryl methyl sites for hydroxylation is 1. The molecule has 1 aromatic carbocycles. The molecule has 0 N–H and O–H groups in total. The molecule has 0 bridgehead atoms. The number of nitrogens with zero attached hydrogens (tertiary/aromatic N) is 5. The number of hydrogen-bond donors (Lipinski definition) is 0. The monoisotopic (exact) mass is 455 g/mol. The minimum absolute atomic E-state index is 0.0481. The minimum Gasteiger partial charge on any atom is -0.370 e. The van der Waals surface area contributed by atoms with Gasteiger partial charge in [-0.3, -0.25) is 9.69 Å². The molecule has 2 aliphatic rings. The minimum atomic E-state index is -0.0481. The smallest absolute Gasteiger partial charge is 0.252 e. The van der Waals surface area contributed by atoms with Gasteiger partial charge >= 0.3 is 0 Å². The highest BCUT2D eigenvalue weighted by atomic mass is 16.1. The van der Waals surface area contributed by atoms with Crippen LogP contribution in [0, 0.1) is 17.2 Å². The van der Waals surface area contributed by atoms with E-state index in [-0.39, 0.29) is 5.56 Å². The van der Waals surface area contributed by atoms with E-state index in [9.17, 15) is 10.1 Å². The average Bonchev–Trinajstić information content (AvgIpc) is 3.70. The number of rotatable bonds is 7. The number of nitriles is 1. The Labute approximate surface area is 201 Å². The lowest BCUT2D eigenvalue weighted by Crippen LogP contribution is -2.44. The normalized spacial score (nSPS) is 20.4. The molecule has 2 saturated carbocycles. The van der Waals surface area contributed by atoms with Gasteiger partial charge in [-0.25, -0.2) is 4.98 Å². The van der Waals surface area contributed by atoms with Gasteiger partial charge in [0.05, 0.1) is 11.2 Å². The third-order valence-electron chi connectivity index (χ3n) is 7.71. The standard InChI is InChI=1S/C28H33N5O/c1-31(26-16-27(34)32(2)25-15-10-22(17-29)30-28(25)26)23-11-13-24(14-12-23)33(19-21-8-9-21)18-20-6-4-3-5-7-20/h3-7,10,15-16,21,23-24H,8-9,11-14,18-19H2,1-2H3. The molecule has 2 heterocycles. The molecule has 34 heavy (non-hydrogen) atoms. The predicted molar refractivity (Wildman–Crippen MR) is 136 cm³/mol. The molecule has 176 valence electrons. The molecule has 0 saturated heterocycles. The maximum atomic E-state index is 12.7. The van der Waals surface area contributed by atoms with Crippen molar-refractivity contribution < 1.29 is 0 Å². The summed E-state index contributed by atoms with van der Waals surface area (Å²) in [6.07, 6.45) is 7.24. The molecule has 2 aromatic heterocycles. The van der Waals surface area contributed by atoms with Gasteiger partial charge in [0, 0.05) is 45.3 Å². The van der Waals surface area contributed by atoms with Crippen molar-refractivity contribution in [2.24, 2.45) is 13.0 Å². The van der Waals surface area contributed by atoms with Crippen LogP contribution < -0.4 is 10.5 Å². The third-order valence-corrected chi connectivity index (χ3v) is 7.71. The molecule has 0 aliphatic heterocycles. The predicted octanol–water partition coefficient (Wildman–Crippen LogP) is 4.46. The van der Waals surface area contributed by atoms with E-state index in [1.54, 1.807) is 23.7 Å². The Morgan fingerprint density at radius 1 is 1.03 bits per heavy atom. The number of benzene rings is 1. The van der Waals surface area contributed by atoms with Crippen LogP contribution in [0.5, 0.6) is 0 Å². The first-order chi connectivity index (χ1) is 16.5. The average molecular weight is 456 g/mol. The second-order valence-electron chi connectivity index (χ2n) is 10.0. The summed E-state index contributed by atoms with van der Waals surface area (Å²) in [7, 11) is 3.83. The molecule has 6 heteroatoms. The van der Waals surface area contributed by atoms with Crippen molar-refractivity contribution in [1.82, 2.24) is 14.5 Å². The summed E-state index contributed by atoms with van der Waals surface area (Å²) < 4.78 is 1.61. The van der Waals surface area contributed by atoms with Gasteiger partial charge in [-0.05, 0) is 62.1 Å². The Kier molecular flexibility index (Phi) is 6.38. The van der Waals surface area contributed by atoms with Crippen LogP contribution in [0.25, 0.3) is 11.0 Å². The van der Waals surface area contributed by atoms with E-state index in [0.29, 0.717) is 17.8 Å². The highest BCUT2D eigenvalue weighted by Crippen LogP contribution is 2.35. The van der Waals surface area contributed by atoms with Crippen LogP contribution in [-0.4, -0.2) is 40.1 Å². The van der Waals surface area contributed by atoms with Crippen LogP contribution in [-0.2, 0) is 13.6 Å². The number of fused-ring (bicyclic) bond motifs is 1. The molecule has 2 aliphatic carbocycles. The zero-order chi connectivity index (χ0) is 23.7. The zero-order valence-corrected chi connectivity index (χ0v) is 20.2.